The van der Waals surface area contributed by atoms with Crippen LogP contribution in [-0.2, 0) is 19.0 Å². The summed E-state index contributed by atoms with van der Waals surface area (Å²) >= 11 is 0. The SMILES string of the molecule is C=C(OC)/C(=C\C(=C/COC)C1=NC2=C(CN1)CN(C(=O)CCCCCCCCCCCCC)CC2)OC. The van der Waals surface area contributed by atoms with E-state index in [1.165, 1.54) is 63.4 Å². The fraction of sp³-hybridized carbons (Fsp3) is 0.677. The summed E-state index contributed by atoms with van der Waals surface area (Å²) in [4.78, 5) is 19.8. The molecule has 0 unspecified atom stereocenters. The summed E-state index contributed by atoms with van der Waals surface area (Å²) in [6.45, 7) is 8.65. The van der Waals surface area contributed by atoms with Crippen molar-refractivity contribution in [2.45, 2.75) is 90.4 Å². The first kappa shape index (κ1) is 31.7. The van der Waals surface area contributed by atoms with Crippen LogP contribution in [-0.4, -0.2) is 64.2 Å². The van der Waals surface area contributed by atoms with Gasteiger partial charge >= 0.3 is 0 Å². The molecule has 0 radical (unpaired) electrons. The van der Waals surface area contributed by atoms with Crippen molar-refractivity contribution in [3.8, 4) is 0 Å². The van der Waals surface area contributed by atoms with Crippen LogP contribution in [0.4, 0.5) is 0 Å². The van der Waals surface area contributed by atoms with Crippen LogP contribution in [0.25, 0.3) is 0 Å². The van der Waals surface area contributed by atoms with Crippen LogP contribution in [0.15, 0.2) is 52.1 Å². The van der Waals surface area contributed by atoms with Crippen LogP contribution in [0.3, 0.4) is 0 Å². The minimum absolute atomic E-state index is 0.272. The van der Waals surface area contributed by atoms with Crippen LogP contribution >= 0.6 is 0 Å². The summed E-state index contributed by atoms with van der Waals surface area (Å²) in [5.41, 5.74) is 3.11. The van der Waals surface area contributed by atoms with Crippen molar-refractivity contribution in [2.24, 2.45) is 4.99 Å². The van der Waals surface area contributed by atoms with Gasteiger partial charge in [-0.2, -0.15) is 0 Å². The molecule has 7 heteroatoms. The molecule has 1 N–H and O–H groups in total. The van der Waals surface area contributed by atoms with Crippen molar-refractivity contribution in [1.29, 1.82) is 0 Å². The first-order chi connectivity index (χ1) is 18.5. The fourth-order valence-electron chi connectivity index (χ4n) is 4.85. The number of carbonyl (C=O) groups is 1. The topological polar surface area (TPSA) is 72.4 Å². The summed E-state index contributed by atoms with van der Waals surface area (Å²) in [6.07, 6.45) is 19.5. The summed E-state index contributed by atoms with van der Waals surface area (Å²) < 4.78 is 15.9. The molecule has 0 aromatic rings. The average molecular weight is 530 g/mol. The number of hydrogen-bond donors (Lipinski definition) is 1. The van der Waals surface area contributed by atoms with Gasteiger partial charge in [0.1, 0.15) is 5.84 Å². The molecule has 2 aliphatic rings. The number of ether oxygens (including phenoxy) is 3. The third kappa shape index (κ3) is 11.1. The van der Waals surface area contributed by atoms with Gasteiger partial charge in [-0.1, -0.05) is 77.7 Å². The lowest BCUT2D eigenvalue weighted by molar-refractivity contribution is -0.131. The van der Waals surface area contributed by atoms with Crippen molar-refractivity contribution in [1.82, 2.24) is 10.2 Å². The second-order valence-electron chi connectivity index (χ2n) is 10.2. The molecule has 2 heterocycles. The van der Waals surface area contributed by atoms with E-state index in [1.54, 1.807) is 21.3 Å². The maximum Gasteiger partial charge on any atom is 0.222 e. The molecule has 0 aromatic carbocycles. The molecule has 0 saturated carbocycles. The maximum absolute atomic E-state index is 12.9. The molecule has 0 aliphatic carbocycles. The van der Waals surface area contributed by atoms with Gasteiger partial charge in [0.25, 0.3) is 0 Å². The number of hydrogen-bond acceptors (Lipinski definition) is 6. The standard InChI is InChI=1S/C31H51N3O4/c1-6-7-8-9-10-11-12-13-14-15-16-17-30(35)34-20-18-28-27(24-34)23-32-31(33-28)26(19-21-36-3)22-29(38-5)25(2)37-4/h19,22H,2,6-18,20-21,23-24H2,1,3-5H3,(H,32,33)/b26-19+,29-22+. The Bertz CT molecular complexity index is 872. The normalized spacial score (nSPS) is 16.1. The Morgan fingerprint density at radius 2 is 1.66 bits per heavy atom. The first-order valence-electron chi connectivity index (χ1n) is 14.5. The van der Waals surface area contributed by atoms with Crippen LogP contribution in [0.1, 0.15) is 90.4 Å². The van der Waals surface area contributed by atoms with E-state index in [1.807, 2.05) is 17.1 Å². The maximum atomic E-state index is 12.9. The van der Waals surface area contributed by atoms with Crippen molar-refractivity contribution in [2.75, 3.05) is 47.6 Å². The van der Waals surface area contributed by atoms with Gasteiger partial charge in [-0.05, 0) is 24.1 Å². The summed E-state index contributed by atoms with van der Waals surface area (Å²) in [5, 5.41) is 3.42. The molecule has 2 aliphatic heterocycles. The van der Waals surface area contributed by atoms with Gasteiger partial charge in [0.15, 0.2) is 11.5 Å². The summed E-state index contributed by atoms with van der Waals surface area (Å²) in [7, 11) is 4.81. The monoisotopic (exact) mass is 529 g/mol. The van der Waals surface area contributed by atoms with Crippen molar-refractivity contribution in [3.05, 3.63) is 47.1 Å². The van der Waals surface area contributed by atoms with E-state index in [-0.39, 0.29) is 5.91 Å². The van der Waals surface area contributed by atoms with E-state index < -0.39 is 0 Å². The van der Waals surface area contributed by atoms with Gasteiger partial charge in [-0.15, -0.1) is 0 Å². The van der Waals surface area contributed by atoms with Crippen LogP contribution < -0.4 is 5.32 Å². The fourth-order valence-corrected chi connectivity index (χ4v) is 4.85. The number of methoxy groups -OCH3 is 3. The van der Waals surface area contributed by atoms with E-state index in [4.69, 9.17) is 19.2 Å². The number of amides is 1. The second kappa shape index (κ2) is 18.7. The highest BCUT2D eigenvalue weighted by Crippen LogP contribution is 2.24. The number of unbranched alkanes of at least 4 members (excludes halogenated alkanes) is 10. The second-order valence-corrected chi connectivity index (χ2v) is 10.2. The third-order valence-corrected chi connectivity index (χ3v) is 7.24. The Labute approximate surface area is 231 Å². The molecule has 0 saturated heterocycles. The number of amidine groups is 1. The largest absolute Gasteiger partial charge is 0.493 e. The molecule has 0 spiro atoms. The summed E-state index contributed by atoms with van der Waals surface area (Å²) in [5.74, 6) is 2.01. The number of carbonyl (C=O) groups excluding carboxylic acids is 1. The molecule has 1 amide bonds. The smallest absolute Gasteiger partial charge is 0.222 e. The predicted molar refractivity (Wildman–Crippen MR) is 156 cm³/mol. The highest BCUT2D eigenvalue weighted by molar-refractivity contribution is 6.02. The van der Waals surface area contributed by atoms with E-state index in [2.05, 4.69) is 18.8 Å². The van der Waals surface area contributed by atoms with Gasteiger partial charge in [0.2, 0.25) is 5.91 Å². The Hall–Kier alpha value is -2.54. The molecule has 0 bridgehead atoms. The third-order valence-electron chi connectivity index (χ3n) is 7.24. The molecule has 0 fully saturated rings. The molecule has 0 aromatic heterocycles. The Kier molecular flexibility index (Phi) is 15.6. The summed E-state index contributed by atoms with van der Waals surface area (Å²) in [6, 6.07) is 0. The Morgan fingerprint density at radius 1 is 1.00 bits per heavy atom. The highest BCUT2D eigenvalue weighted by atomic mass is 16.5. The van der Waals surface area contributed by atoms with Gasteiger partial charge in [-0.25, -0.2) is 4.99 Å². The van der Waals surface area contributed by atoms with Crippen LogP contribution in [0.5, 0.6) is 0 Å². The minimum Gasteiger partial charge on any atom is -0.493 e. The van der Waals surface area contributed by atoms with E-state index in [9.17, 15) is 4.79 Å². The van der Waals surface area contributed by atoms with Crippen LogP contribution in [0, 0.1) is 0 Å². The highest BCUT2D eigenvalue weighted by Gasteiger charge is 2.26. The molecule has 214 valence electrons. The van der Waals surface area contributed by atoms with Gasteiger partial charge in [0.05, 0.1) is 20.8 Å². The zero-order chi connectivity index (χ0) is 27.6. The molecule has 7 nitrogen and oxygen atoms in total. The minimum atomic E-state index is 0.272. The predicted octanol–water partition coefficient (Wildman–Crippen LogP) is 6.44. The average Bonchev–Trinajstić information content (AvgIpc) is 2.95. The zero-order valence-electron chi connectivity index (χ0n) is 24.4. The number of nitrogens with one attached hydrogen (secondary N) is 1. The molecule has 2 rings (SSSR count). The van der Waals surface area contributed by atoms with Gasteiger partial charge in [0, 0.05) is 50.9 Å². The quantitative estimate of drug-likeness (QED) is 0.118. The van der Waals surface area contributed by atoms with E-state index >= 15 is 0 Å². The van der Waals surface area contributed by atoms with Gasteiger partial charge < -0.3 is 24.4 Å². The molecular weight excluding hydrogens is 478 g/mol. The number of rotatable bonds is 19. The number of aliphatic imine (C=N–C) groups is 1. The lowest BCUT2D eigenvalue weighted by Gasteiger charge is -2.32. The molecule has 0 atom stereocenters. The number of nitrogens with zero attached hydrogens (tertiary/aromatic N) is 2. The Morgan fingerprint density at radius 3 is 2.26 bits per heavy atom. The zero-order valence-corrected chi connectivity index (χ0v) is 24.4. The van der Waals surface area contributed by atoms with Gasteiger partial charge in [-0.3, -0.25) is 4.79 Å². The van der Waals surface area contributed by atoms with Crippen molar-refractivity contribution in [3.63, 3.8) is 0 Å². The van der Waals surface area contributed by atoms with Crippen molar-refractivity contribution >= 4 is 11.7 Å². The molecule has 38 heavy (non-hydrogen) atoms. The first-order valence-corrected chi connectivity index (χ1v) is 14.5. The van der Waals surface area contributed by atoms with Crippen LogP contribution in [0.2, 0.25) is 0 Å². The van der Waals surface area contributed by atoms with E-state index in [0.717, 1.165) is 42.9 Å². The lowest BCUT2D eigenvalue weighted by atomic mass is 10.0. The van der Waals surface area contributed by atoms with Crippen molar-refractivity contribution < 1.29 is 19.0 Å². The van der Waals surface area contributed by atoms with E-state index in [0.29, 0.717) is 37.6 Å². The lowest BCUT2D eigenvalue weighted by Crippen LogP contribution is -2.42. The Balaban J connectivity index is 1.82. The molecular formula is C31H51N3O4.